The van der Waals surface area contributed by atoms with Crippen molar-refractivity contribution in [3.8, 4) is 0 Å². The van der Waals surface area contributed by atoms with Crippen LogP contribution in [-0.4, -0.2) is 21.5 Å². The van der Waals surface area contributed by atoms with Crippen LogP contribution in [-0.2, 0) is 13.1 Å². The molecule has 0 radical (unpaired) electrons. The lowest BCUT2D eigenvalue weighted by atomic mass is 10.2. The van der Waals surface area contributed by atoms with Crippen LogP contribution in [0.15, 0.2) is 41.0 Å². The van der Waals surface area contributed by atoms with Gasteiger partial charge in [0.1, 0.15) is 11.3 Å². The zero-order valence-corrected chi connectivity index (χ0v) is 12.4. The summed E-state index contributed by atoms with van der Waals surface area (Å²) in [6, 6.07) is 9.98. The van der Waals surface area contributed by atoms with Gasteiger partial charge in [-0.1, -0.05) is 31.2 Å². The Morgan fingerprint density at radius 1 is 1.24 bits per heavy atom. The van der Waals surface area contributed by atoms with Crippen molar-refractivity contribution in [2.75, 3.05) is 6.54 Å². The molecule has 3 aromatic rings. The van der Waals surface area contributed by atoms with E-state index >= 15 is 0 Å². The highest BCUT2D eigenvalue weighted by Crippen LogP contribution is 2.16. The van der Waals surface area contributed by atoms with E-state index in [9.17, 15) is 0 Å². The normalized spacial score (nSPS) is 11.6. The van der Waals surface area contributed by atoms with Crippen molar-refractivity contribution in [2.45, 2.75) is 26.9 Å². The minimum atomic E-state index is 0.627. The Hall–Kier alpha value is -2.14. The predicted molar refractivity (Wildman–Crippen MR) is 81.9 cm³/mol. The molecule has 2 aromatic heterocycles. The average Bonchev–Trinajstić information content (AvgIpc) is 3.07. The third-order valence-electron chi connectivity index (χ3n) is 3.42. The Labute approximate surface area is 123 Å². The third kappa shape index (κ3) is 3.13. The molecule has 5 heteroatoms. The molecule has 5 nitrogen and oxygen atoms in total. The van der Waals surface area contributed by atoms with Gasteiger partial charge in [0.2, 0.25) is 0 Å². The van der Waals surface area contributed by atoms with E-state index in [0.29, 0.717) is 12.5 Å². The Balaban J connectivity index is 1.75. The Bertz CT molecular complexity index is 714. The lowest BCUT2D eigenvalue weighted by molar-refractivity contribution is 0.458. The quantitative estimate of drug-likeness (QED) is 0.756. The fourth-order valence-corrected chi connectivity index (χ4v) is 2.33. The summed E-state index contributed by atoms with van der Waals surface area (Å²) in [5.41, 5.74) is 3.10. The van der Waals surface area contributed by atoms with E-state index in [-0.39, 0.29) is 0 Å². The molecule has 1 N–H and O–H groups in total. The summed E-state index contributed by atoms with van der Waals surface area (Å²) in [5.74, 6) is 1.60. The van der Waals surface area contributed by atoms with E-state index in [0.717, 1.165) is 35.4 Å². The van der Waals surface area contributed by atoms with E-state index in [4.69, 9.17) is 4.42 Å². The number of benzene rings is 1. The Kier molecular flexibility index (Phi) is 4.01. The van der Waals surface area contributed by atoms with E-state index in [1.807, 2.05) is 35.0 Å². The van der Waals surface area contributed by atoms with Crippen LogP contribution in [0, 0.1) is 5.92 Å². The van der Waals surface area contributed by atoms with Crippen molar-refractivity contribution >= 4 is 11.0 Å². The average molecular weight is 284 g/mol. The van der Waals surface area contributed by atoms with Gasteiger partial charge >= 0.3 is 0 Å². The first kappa shape index (κ1) is 13.8. The number of hydrogen-bond acceptors (Lipinski definition) is 4. The fraction of sp³-hybridized carbons (Fsp3) is 0.375. The van der Waals surface area contributed by atoms with E-state index in [1.165, 1.54) is 0 Å². The van der Waals surface area contributed by atoms with Crippen LogP contribution >= 0.6 is 0 Å². The van der Waals surface area contributed by atoms with Crippen molar-refractivity contribution in [3.63, 3.8) is 0 Å². The van der Waals surface area contributed by atoms with Crippen molar-refractivity contribution in [1.29, 1.82) is 0 Å². The van der Waals surface area contributed by atoms with Gasteiger partial charge < -0.3 is 9.73 Å². The van der Waals surface area contributed by atoms with Gasteiger partial charge in [0, 0.05) is 5.56 Å². The lowest BCUT2D eigenvalue weighted by Crippen LogP contribution is -2.19. The highest BCUT2D eigenvalue weighted by atomic mass is 16.3. The third-order valence-corrected chi connectivity index (χ3v) is 3.42. The molecular formula is C16H20N4O. The first-order chi connectivity index (χ1) is 10.2. The van der Waals surface area contributed by atoms with E-state index in [1.54, 1.807) is 6.26 Å². The molecule has 3 rings (SSSR count). The molecule has 0 aliphatic carbocycles. The smallest absolute Gasteiger partial charge is 0.122 e. The molecule has 0 aliphatic heterocycles. The second-order valence-corrected chi connectivity index (χ2v) is 5.63. The van der Waals surface area contributed by atoms with Gasteiger partial charge in [0.25, 0.3) is 0 Å². The number of furan rings is 1. The van der Waals surface area contributed by atoms with Crippen molar-refractivity contribution in [2.24, 2.45) is 5.92 Å². The zero-order chi connectivity index (χ0) is 14.7. The van der Waals surface area contributed by atoms with Gasteiger partial charge in [-0.3, -0.25) is 0 Å². The van der Waals surface area contributed by atoms with Crippen LogP contribution in [0.4, 0.5) is 0 Å². The van der Waals surface area contributed by atoms with Crippen molar-refractivity contribution in [3.05, 3.63) is 47.9 Å². The number of hydrogen-bond donors (Lipinski definition) is 1. The van der Waals surface area contributed by atoms with E-state index < -0.39 is 0 Å². The van der Waals surface area contributed by atoms with Gasteiger partial charge in [0.05, 0.1) is 24.9 Å². The number of rotatable bonds is 6. The number of para-hydroxylation sites is 1. The molecule has 21 heavy (non-hydrogen) atoms. The summed E-state index contributed by atoms with van der Waals surface area (Å²) in [4.78, 5) is 0. The molecule has 2 heterocycles. The number of nitrogens with zero attached hydrogens (tertiary/aromatic N) is 3. The molecule has 0 fully saturated rings. The molecule has 0 atom stereocenters. The van der Waals surface area contributed by atoms with Gasteiger partial charge in [0.15, 0.2) is 0 Å². The lowest BCUT2D eigenvalue weighted by Gasteiger charge is -2.07. The predicted octanol–water partition coefficient (Wildman–Crippen LogP) is 2.82. The van der Waals surface area contributed by atoms with Gasteiger partial charge in [-0.15, -0.1) is 5.10 Å². The highest BCUT2D eigenvalue weighted by Gasteiger charge is 2.10. The first-order valence-corrected chi connectivity index (χ1v) is 7.28. The van der Waals surface area contributed by atoms with Crippen LogP contribution in [0.2, 0.25) is 0 Å². The monoisotopic (exact) mass is 284 g/mol. The van der Waals surface area contributed by atoms with E-state index in [2.05, 4.69) is 29.5 Å². The van der Waals surface area contributed by atoms with Crippen LogP contribution < -0.4 is 5.32 Å². The summed E-state index contributed by atoms with van der Waals surface area (Å²) in [6.45, 7) is 6.78. The van der Waals surface area contributed by atoms with Crippen LogP contribution in [0.5, 0.6) is 0 Å². The minimum Gasteiger partial charge on any atom is -0.468 e. The SMILES string of the molecule is CC(C)CNCc1occc1Cn1nnc2ccccc21. The van der Waals surface area contributed by atoms with Gasteiger partial charge in [-0.2, -0.15) is 0 Å². The fourth-order valence-electron chi connectivity index (χ4n) is 2.33. The topological polar surface area (TPSA) is 55.9 Å². The van der Waals surface area contributed by atoms with Gasteiger partial charge in [-0.05, 0) is 30.7 Å². The minimum absolute atomic E-state index is 0.627. The Morgan fingerprint density at radius 3 is 2.95 bits per heavy atom. The molecule has 110 valence electrons. The maximum atomic E-state index is 5.58. The van der Waals surface area contributed by atoms with Crippen LogP contribution in [0.25, 0.3) is 11.0 Å². The summed E-state index contributed by atoms with van der Waals surface area (Å²) < 4.78 is 7.49. The molecule has 0 spiro atoms. The second-order valence-electron chi connectivity index (χ2n) is 5.63. The maximum Gasteiger partial charge on any atom is 0.122 e. The summed E-state index contributed by atoms with van der Waals surface area (Å²) in [6.07, 6.45) is 1.74. The number of aromatic nitrogens is 3. The molecule has 0 unspecified atom stereocenters. The molecule has 0 saturated heterocycles. The van der Waals surface area contributed by atoms with Crippen molar-refractivity contribution < 1.29 is 4.42 Å². The largest absolute Gasteiger partial charge is 0.468 e. The summed E-state index contributed by atoms with van der Waals surface area (Å²) in [7, 11) is 0. The zero-order valence-electron chi connectivity index (χ0n) is 12.4. The number of fused-ring (bicyclic) bond motifs is 1. The molecular weight excluding hydrogens is 264 g/mol. The van der Waals surface area contributed by atoms with Gasteiger partial charge in [-0.25, -0.2) is 4.68 Å². The summed E-state index contributed by atoms with van der Waals surface area (Å²) in [5, 5.41) is 11.8. The summed E-state index contributed by atoms with van der Waals surface area (Å²) >= 11 is 0. The van der Waals surface area contributed by atoms with Crippen LogP contribution in [0.1, 0.15) is 25.2 Å². The van der Waals surface area contributed by atoms with Crippen molar-refractivity contribution in [1.82, 2.24) is 20.3 Å². The van der Waals surface area contributed by atoms with Crippen LogP contribution in [0.3, 0.4) is 0 Å². The molecule has 0 bridgehead atoms. The highest BCUT2D eigenvalue weighted by molar-refractivity contribution is 5.73. The maximum absolute atomic E-state index is 5.58. The molecule has 0 saturated carbocycles. The standard InChI is InChI=1S/C16H20N4O/c1-12(2)9-17-10-16-13(7-8-21-16)11-20-15-6-4-3-5-14(15)18-19-20/h3-8,12,17H,9-11H2,1-2H3. The number of nitrogens with one attached hydrogen (secondary N) is 1. The first-order valence-electron chi connectivity index (χ1n) is 7.28. The molecule has 1 aromatic carbocycles. The Morgan fingerprint density at radius 2 is 2.10 bits per heavy atom. The molecule has 0 aliphatic rings. The second kappa shape index (κ2) is 6.10. The molecule has 0 amide bonds.